The monoisotopic (exact) mass is 1250 g/mol. The zero-order valence-electron chi connectivity index (χ0n) is 44.3. The zero-order valence-corrected chi connectivity index (χ0v) is 48.7. The van der Waals surface area contributed by atoms with E-state index in [1.807, 2.05) is 60.7 Å². The maximum absolute atomic E-state index is 5.41. The van der Waals surface area contributed by atoms with Crippen LogP contribution < -0.4 is 0 Å². The zero-order chi connectivity index (χ0) is 54.0. The summed E-state index contributed by atoms with van der Waals surface area (Å²) in [4.78, 5) is 31.8. The number of fused-ring (bicyclic) bond motifs is 6. The number of halogens is 2. The highest BCUT2D eigenvalue weighted by Crippen LogP contribution is 2.42. The molecular formula is C69H56I2N8. The lowest BCUT2D eigenvalue weighted by atomic mass is 10.0. The van der Waals surface area contributed by atoms with E-state index in [1.54, 1.807) is 0 Å². The average Bonchev–Trinajstić information content (AvgIpc) is 4.18. The van der Waals surface area contributed by atoms with Gasteiger partial charge in [0, 0.05) is 67.8 Å². The Bertz CT molecular complexity index is 4270. The van der Waals surface area contributed by atoms with E-state index in [1.165, 1.54) is 21.9 Å². The number of nitrogens with zero attached hydrogens (tertiary/aromatic N) is 8. The molecule has 0 amide bonds. The van der Waals surface area contributed by atoms with Crippen LogP contribution >= 0.6 is 45.2 Å². The van der Waals surface area contributed by atoms with Gasteiger partial charge >= 0.3 is 0 Å². The number of hydrogen-bond acceptors (Lipinski definition) is 6. The summed E-state index contributed by atoms with van der Waals surface area (Å²) < 4.78 is 6.95. The van der Waals surface area contributed by atoms with Crippen LogP contribution in [-0.4, -0.2) is 39.0 Å². The minimum atomic E-state index is 0.506. The average molecular weight is 1250 g/mol. The van der Waals surface area contributed by atoms with Gasteiger partial charge in [-0.05, 0) is 168 Å². The quantitative estimate of drug-likeness (QED) is 0.0708. The van der Waals surface area contributed by atoms with Crippen LogP contribution in [0.15, 0.2) is 216 Å². The highest BCUT2D eigenvalue weighted by Gasteiger charge is 2.24. The second-order valence-electron chi connectivity index (χ2n) is 20.1. The van der Waals surface area contributed by atoms with Gasteiger partial charge in [-0.15, -0.1) is 0 Å². The van der Waals surface area contributed by atoms with Gasteiger partial charge in [0.1, 0.15) is 0 Å². The van der Waals surface area contributed by atoms with Crippen LogP contribution in [0, 0.1) is 3.57 Å². The van der Waals surface area contributed by atoms with Crippen LogP contribution in [-0.2, 0) is 6.42 Å². The van der Waals surface area contributed by atoms with Gasteiger partial charge in [0.05, 0.1) is 27.8 Å². The van der Waals surface area contributed by atoms with Crippen LogP contribution in [0.2, 0.25) is 0 Å². The molecule has 386 valence electrons. The van der Waals surface area contributed by atoms with Gasteiger partial charge < -0.3 is 9.13 Å². The summed E-state index contributed by atoms with van der Waals surface area (Å²) in [5.74, 6) is 3.24. The number of unbranched alkanes of at least 4 members (excludes halogenated alkanes) is 2. The predicted molar refractivity (Wildman–Crippen MR) is 345 cm³/mol. The topological polar surface area (TPSA) is 87.2 Å². The van der Waals surface area contributed by atoms with Crippen molar-refractivity contribution in [2.45, 2.75) is 59.3 Å². The summed E-state index contributed by atoms with van der Waals surface area (Å²) in [6.45, 7) is 11.2. The van der Waals surface area contributed by atoms with Crippen LogP contribution in [0.3, 0.4) is 0 Å². The fourth-order valence-corrected chi connectivity index (χ4v) is 12.3. The summed E-state index contributed by atoms with van der Waals surface area (Å²) in [6.07, 6.45) is 10.8. The number of benzene rings is 8. The Morgan fingerprint density at radius 1 is 0.481 bits per heavy atom. The smallest absolute Gasteiger partial charge is 0.166 e. The molecule has 0 saturated carbocycles. The van der Waals surface area contributed by atoms with Crippen LogP contribution in [0.4, 0.5) is 0 Å². The molecule has 0 fully saturated rings. The first-order valence-corrected chi connectivity index (χ1v) is 29.2. The van der Waals surface area contributed by atoms with E-state index in [4.69, 9.17) is 29.9 Å². The Labute approximate surface area is 488 Å². The van der Waals surface area contributed by atoms with Crippen molar-refractivity contribution in [1.82, 2.24) is 39.0 Å². The summed E-state index contributed by atoms with van der Waals surface area (Å²) in [6, 6.07) is 66.1. The second kappa shape index (κ2) is 22.8. The van der Waals surface area contributed by atoms with Crippen molar-refractivity contribution in [2.24, 2.45) is 0 Å². The molecule has 0 aliphatic carbocycles. The van der Waals surface area contributed by atoms with E-state index in [0.717, 1.165) is 118 Å². The molecule has 12 aromatic rings. The molecule has 10 heteroatoms. The standard InChI is InChI=1S/C69H56I2N8/c1-5-7-22-44(3)36-51(70)37-45(4)64-72-67(75-68(73-64)50-38-46(23-8-6-2)39-52(71)40-50)49-34-35-61(58(41-49)69-76-65(47-24-12-9-13-25-47)74-66(77-69)48-26-14-10-15-27-48)79-60-33-21-19-31-55(60)57-42-56-54-30-18-20-32-59(54)78(62(56)43-63(57)79)53-28-16-11-17-29-53/h9-21,24-43H,4-8,22-23H2,1-3H3/b44-36+,51-37+. The molecule has 0 aliphatic rings. The van der Waals surface area contributed by atoms with Gasteiger partial charge in [-0.25, -0.2) is 29.9 Å². The van der Waals surface area contributed by atoms with Gasteiger partial charge in [-0.3, -0.25) is 0 Å². The lowest BCUT2D eigenvalue weighted by molar-refractivity contribution is 0.787. The highest BCUT2D eigenvalue weighted by molar-refractivity contribution is 14.1. The second-order valence-corrected chi connectivity index (χ2v) is 22.6. The SMILES string of the molecule is C=C(/C=C(I)\C=C(/C)CCCC)c1nc(-c2cc(I)cc(CCCC)c2)nc(-c2ccc(-n3c4ccccc4c4cc5c6ccccc6n(-c6ccccc6)c5cc43)c(-c3nc(-c4ccccc4)nc(-c4ccccc4)n3)c2)n1. The van der Waals surface area contributed by atoms with Crippen molar-refractivity contribution in [3.8, 4) is 68.3 Å². The third-order valence-electron chi connectivity index (χ3n) is 14.5. The van der Waals surface area contributed by atoms with Crippen LogP contribution in [0.1, 0.15) is 64.3 Å². The number of rotatable bonds is 16. The molecule has 4 aromatic heterocycles. The molecule has 0 spiro atoms. The molecular weight excluding hydrogens is 1190 g/mol. The first kappa shape index (κ1) is 51.8. The van der Waals surface area contributed by atoms with Gasteiger partial charge in [-0.2, -0.15) is 0 Å². The number of allylic oxidation sites excluding steroid dienone is 5. The first-order valence-electron chi connectivity index (χ1n) is 27.0. The van der Waals surface area contributed by atoms with Crippen molar-refractivity contribution in [3.05, 3.63) is 231 Å². The Balaban J connectivity index is 1.14. The van der Waals surface area contributed by atoms with Crippen molar-refractivity contribution in [3.63, 3.8) is 0 Å². The molecule has 4 heterocycles. The molecule has 12 rings (SSSR count). The summed E-state index contributed by atoms with van der Waals surface area (Å²) in [7, 11) is 0. The lowest BCUT2D eigenvalue weighted by Crippen LogP contribution is -2.06. The van der Waals surface area contributed by atoms with Crippen molar-refractivity contribution < 1.29 is 0 Å². The molecule has 0 unspecified atom stereocenters. The highest BCUT2D eigenvalue weighted by atomic mass is 127. The molecule has 0 saturated heterocycles. The van der Waals surface area contributed by atoms with E-state index < -0.39 is 0 Å². The lowest BCUT2D eigenvalue weighted by Gasteiger charge is -2.17. The first-order chi connectivity index (χ1) is 38.7. The van der Waals surface area contributed by atoms with E-state index in [9.17, 15) is 0 Å². The van der Waals surface area contributed by atoms with E-state index in [-0.39, 0.29) is 0 Å². The molecule has 0 radical (unpaired) electrons. The van der Waals surface area contributed by atoms with Crippen LogP contribution in [0.25, 0.3) is 117 Å². The fourth-order valence-electron chi connectivity index (χ4n) is 10.6. The number of aryl methyl sites for hydroxylation is 1. The molecule has 8 aromatic carbocycles. The van der Waals surface area contributed by atoms with E-state index >= 15 is 0 Å². The molecule has 0 aliphatic heterocycles. The van der Waals surface area contributed by atoms with Gasteiger partial charge in [0.25, 0.3) is 0 Å². The third kappa shape index (κ3) is 10.6. The maximum Gasteiger partial charge on any atom is 0.166 e. The Kier molecular flexibility index (Phi) is 14.9. The molecule has 0 N–H and O–H groups in total. The van der Waals surface area contributed by atoms with Crippen LogP contribution in [0.5, 0.6) is 0 Å². The molecule has 79 heavy (non-hydrogen) atoms. The molecule has 0 atom stereocenters. The summed E-state index contributed by atoms with van der Waals surface area (Å²) >= 11 is 4.81. The van der Waals surface area contributed by atoms with Gasteiger partial charge in [-0.1, -0.05) is 154 Å². The molecule has 0 bridgehead atoms. The van der Waals surface area contributed by atoms with Gasteiger partial charge in [0.15, 0.2) is 34.9 Å². The Hall–Kier alpha value is -7.94. The number of aromatic nitrogens is 8. The van der Waals surface area contributed by atoms with E-state index in [0.29, 0.717) is 40.5 Å². The molecule has 8 nitrogen and oxygen atoms in total. The minimum absolute atomic E-state index is 0.506. The Morgan fingerprint density at radius 3 is 1.66 bits per heavy atom. The van der Waals surface area contributed by atoms with Crippen molar-refractivity contribution in [2.75, 3.05) is 0 Å². The third-order valence-corrected chi connectivity index (χ3v) is 15.7. The predicted octanol–water partition coefficient (Wildman–Crippen LogP) is 19.0. The normalized spacial score (nSPS) is 12.1. The van der Waals surface area contributed by atoms with Gasteiger partial charge in [0.2, 0.25) is 0 Å². The maximum atomic E-state index is 5.41. The minimum Gasteiger partial charge on any atom is -0.309 e. The van der Waals surface area contributed by atoms with Crippen molar-refractivity contribution >= 4 is 94.4 Å². The fraction of sp³-hybridized carbons (Fsp3) is 0.130. The summed E-state index contributed by atoms with van der Waals surface area (Å²) in [5.41, 5.74) is 13.9. The van der Waals surface area contributed by atoms with Crippen molar-refractivity contribution in [1.29, 1.82) is 0 Å². The van der Waals surface area contributed by atoms with E-state index in [2.05, 4.69) is 221 Å². The Morgan fingerprint density at radius 2 is 1.03 bits per heavy atom. The number of hydrogen-bond donors (Lipinski definition) is 0. The largest absolute Gasteiger partial charge is 0.309 e. The number of para-hydroxylation sites is 3. The summed E-state index contributed by atoms with van der Waals surface area (Å²) in [5, 5.41) is 4.65.